The highest BCUT2D eigenvalue weighted by molar-refractivity contribution is 5.95. The van der Waals surface area contributed by atoms with Gasteiger partial charge in [0.25, 0.3) is 5.91 Å². The predicted octanol–water partition coefficient (Wildman–Crippen LogP) is 2.59. The van der Waals surface area contributed by atoms with Crippen molar-refractivity contribution >= 4 is 11.6 Å². The van der Waals surface area contributed by atoms with Crippen LogP contribution in [-0.4, -0.2) is 11.9 Å². The van der Waals surface area contributed by atoms with Gasteiger partial charge >= 0.3 is 0 Å². The Labute approximate surface area is 114 Å². The number of hydrogen-bond acceptors (Lipinski definition) is 3. The van der Waals surface area contributed by atoms with Crippen LogP contribution in [0, 0.1) is 12.3 Å². The van der Waals surface area contributed by atoms with Crippen LogP contribution in [-0.2, 0) is 0 Å². The highest BCUT2D eigenvalue weighted by Crippen LogP contribution is 2.37. The zero-order chi connectivity index (χ0) is 14.0. The molecule has 1 aromatic carbocycles. The third kappa shape index (κ3) is 2.89. The van der Waals surface area contributed by atoms with Gasteiger partial charge in [0.1, 0.15) is 0 Å². The summed E-state index contributed by atoms with van der Waals surface area (Å²) in [5.74, 6) is 5.40. The Kier molecular flexibility index (Phi) is 3.80. The smallest absolute Gasteiger partial charge is 0.251 e. The molecule has 0 radical (unpaired) electrons. The third-order valence-corrected chi connectivity index (χ3v) is 4.21. The van der Waals surface area contributed by atoms with E-state index in [0.717, 1.165) is 17.7 Å². The van der Waals surface area contributed by atoms with Crippen molar-refractivity contribution in [3.05, 3.63) is 29.3 Å². The summed E-state index contributed by atoms with van der Waals surface area (Å²) in [4.78, 5) is 12.3. The van der Waals surface area contributed by atoms with Gasteiger partial charge in [-0.1, -0.05) is 20.3 Å². The van der Waals surface area contributed by atoms with E-state index in [1.54, 1.807) is 6.07 Å². The van der Waals surface area contributed by atoms with E-state index in [2.05, 4.69) is 24.6 Å². The number of aryl methyl sites for hydroxylation is 1. The molecule has 0 aromatic heterocycles. The first-order valence-electron chi connectivity index (χ1n) is 6.82. The van der Waals surface area contributed by atoms with Crippen LogP contribution in [0.15, 0.2) is 18.2 Å². The van der Waals surface area contributed by atoms with Crippen LogP contribution in [0.3, 0.4) is 0 Å². The highest BCUT2D eigenvalue weighted by Gasteiger charge is 2.35. The lowest BCUT2D eigenvalue weighted by Gasteiger charge is -2.27. The zero-order valence-corrected chi connectivity index (χ0v) is 11.9. The van der Waals surface area contributed by atoms with Crippen molar-refractivity contribution in [1.29, 1.82) is 0 Å². The van der Waals surface area contributed by atoms with Crippen molar-refractivity contribution in [1.82, 2.24) is 5.32 Å². The van der Waals surface area contributed by atoms with Crippen molar-refractivity contribution < 1.29 is 4.79 Å². The molecule has 1 saturated carbocycles. The number of benzene rings is 1. The zero-order valence-electron chi connectivity index (χ0n) is 11.9. The summed E-state index contributed by atoms with van der Waals surface area (Å²) in [6, 6.07) is 5.78. The number of carbonyl (C=O) groups is 1. The van der Waals surface area contributed by atoms with E-state index in [1.165, 1.54) is 12.8 Å². The molecule has 1 atom stereocenters. The molecule has 1 unspecified atom stereocenters. The van der Waals surface area contributed by atoms with E-state index < -0.39 is 0 Å². The molecule has 2 rings (SSSR count). The van der Waals surface area contributed by atoms with E-state index in [0.29, 0.717) is 5.56 Å². The summed E-state index contributed by atoms with van der Waals surface area (Å²) in [6.07, 6.45) is 3.43. The molecular weight excluding hydrogens is 238 g/mol. The van der Waals surface area contributed by atoms with Gasteiger partial charge in [0.05, 0.1) is 5.69 Å². The van der Waals surface area contributed by atoms with Crippen LogP contribution in [0.4, 0.5) is 5.69 Å². The number of rotatable bonds is 3. The average Bonchev–Trinajstić information content (AvgIpc) is 2.68. The van der Waals surface area contributed by atoms with E-state index in [9.17, 15) is 4.79 Å². The summed E-state index contributed by atoms with van der Waals surface area (Å²) >= 11 is 0. The van der Waals surface area contributed by atoms with Crippen LogP contribution < -0.4 is 16.6 Å². The number of hydrazine groups is 1. The Morgan fingerprint density at radius 2 is 2.16 bits per heavy atom. The molecule has 104 valence electrons. The van der Waals surface area contributed by atoms with Crippen LogP contribution in [0.1, 0.15) is 49.0 Å². The van der Waals surface area contributed by atoms with Gasteiger partial charge in [0, 0.05) is 11.6 Å². The molecule has 19 heavy (non-hydrogen) atoms. The van der Waals surface area contributed by atoms with Crippen LogP contribution in [0.2, 0.25) is 0 Å². The fourth-order valence-corrected chi connectivity index (χ4v) is 2.80. The molecule has 0 aliphatic heterocycles. The predicted molar refractivity (Wildman–Crippen MR) is 77.9 cm³/mol. The highest BCUT2D eigenvalue weighted by atomic mass is 16.1. The standard InChI is InChI=1S/C15H23N3O/c1-10-9-11(6-7-12(10)18-16)14(19)17-13-5-4-8-15(13,2)3/h6-7,9,13,18H,4-5,8,16H2,1-3H3,(H,17,19). The van der Waals surface area contributed by atoms with Crippen molar-refractivity contribution in [3.8, 4) is 0 Å². The summed E-state index contributed by atoms with van der Waals surface area (Å²) < 4.78 is 0. The summed E-state index contributed by atoms with van der Waals surface area (Å²) in [7, 11) is 0. The maximum absolute atomic E-state index is 12.3. The SMILES string of the molecule is Cc1cc(C(=O)NC2CCCC2(C)C)ccc1NN. The summed E-state index contributed by atoms with van der Waals surface area (Å²) in [6.45, 7) is 6.38. The maximum Gasteiger partial charge on any atom is 0.251 e. The molecule has 1 aliphatic rings. The topological polar surface area (TPSA) is 67.2 Å². The van der Waals surface area contributed by atoms with Crippen molar-refractivity contribution in [2.24, 2.45) is 11.3 Å². The Morgan fingerprint density at radius 1 is 1.42 bits per heavy atom. The number of amides is 1. The minimum absolute atomic E-state index is 0.00615. The van der Waals surface area contributed by atoms with Gasteiger partial charge in [0.2, 0.25) is 0 Å². The summed E-state index contributed by atoms with van der Waals surface area (Å²) in [5, 5.41) is 3.16. The largest absolute Gasteiger partial charge is 0.349 e. The van der Waals surface area contributed by atoms with Gasteiger partial charge in [-0.05, 0) is 48.9 Å². The molecule has 0 spiro atoms. The van der Waals surface area contributed by atoms with Gasteiger partial charge < -0.3 is 10.7 Å². The molecule has 4 nitrogen and oxygen atoms in total. The van der Waals surface area contributed by atoms with Crippen molar-refractivity contribution in [3.63, 3.8) is 0 Å². The maximum atomic E-state index is 12.3. The van der Waals surface area contributed by atoms with Crippen LogP contribution >= 0.6 is 0 Å². The molecule has 0 bridgehead atoms. The molecule has 1 fully saturated rings. The fraction of sp³-hybridized carbons (Fsp3) is 0.533. The fourth-order valence-electron chi connectivity index (χ4n) is 2.80. The van der Waals surface area contributed by atoms with Gasteiger partial charge in [-0.15, -0.1) is 0 Å². The first-order valence-corrected chi connectivity index (χ1v) is 6.82. The number of nitrogens with one attached hydrogen (secondary N) is 2. The number of nitrogen functional groups attached to an aromatic ring is 1. The second-order valence-electron chi connectivity index (χ2n) is 6.08. The van der Waals surface area contributed by atoms with Crippen LogP contribution in [0.5, 0.6) is 0 Å². The molecule has 0 heterocycles. The number of anilines is 1. The second-order valence-corrected chi connectivity index (χ2v) is 6.08. The Hall–Kier alpha value is -1.55. The molecule has 1 aliphatic carbocycles. The lowest BCUT2D eigenvalue weighted by atomic mass is 9.87. The lowest BCUT2D eigenvalue weighted by Crippen LogP contribution is -2.41. The number of nitrogens with two attached hydrogens (primary N) is 1. The number of carbonyl (C=O) groups excluding carboxylic acids is 1. The minimum atomic E-state index is 0.00615. The first kappa shape index (κ1) is 13.9. The minimum Gasteiger partial charge on any atom is -0.349 e. The molecule has 1 aromatic rings. The van der Waals surface area contributed by atoms with E-state index >= 15 is 0 Å². The second kappa shape index (κ2) is 5.21. The Bertz CT molecular complexity index is 482. The third-order valence-electron chi connectivity index (χ3n) is 4.21. The quantitative estimate of drug-likeness (QED) is 0.578. The Balaban J connectivity index is 2.10. The van der Waals surface area contributed by atoms with E-state index in [-0.39, 0.29) is 17.4 Å². The molecule has 0 saturated heterocycles. The Morgan fingerprint density at radius 3 is 2.68 bits per heavy atom. The molecule has 1 amide bonds. The van der Waals surface area contributed by atoms with E-state index in [4.69, 9.17) is 5.84 Å². The average molecular weight is 261 g/mol. The molecular formula is C15H23N3O. The van der Waals surface area contributed by atoms with Gasteiger partial charge in [-0.25, -0.2) is 0 Å². The van der Waals surface area contributed by atoms with Gasteiger partial charge in [-0.2, -0.15) is 0 Å². The first-order chi connectivity index (χ1) is 8.94. The monoisotopic (exact) mass is 261 g/mol. The lowest BCUT2D eigenvalue weighted by molar-refractivity contribution is 0.0910. The molecule has 4 N–H and O–H groups in total. The van der Waals surface area contributed by atoms with Crippen molar-refractivity contribution in [2.75, 3.05) is 5.43 Å². The van der Waals surface area contributed by atoms with Gasteiger partial charge in [-0.3, -0.25) is 10.6 Å². The normalized spacial score (nSPS) is 21.2. The van der Waals surface area contributed by atoms with Crippen LogP contribution in [0.25, 0.3) is 0 Å². The van der Waals surface area contributed by atoms with Gasteiger partial charge in [0.15, 0.2) is 0 Å². The van der Waals surface area contributed by atoms with E-state index in [1.807, 2.05) is 19.1 Å². The number of hydrogen-bond donors (Lipinski definition) is 3. The molecule has 4 heteroatoms. The van der Waals surface area contributed by atoms with Crippen molar-refractivity contribution in [2.45, 2.75) is 46.1 Å². The summed E-state index contributed by atoms with van der Waals surface area (Å²) in [5.41, 5.74) is 5.33.